The summed E-state index contributed by atoms with van der Waals surface area (Å²) in [6.45, 7) is 0. The Hall–Kier alpha value is 0.830. The number of carbonyl (C=O) groups is 1. The molecule has 0 saturated heterocycles. The van der Waals surface area contributed by atoms with Crippen LogP contribution in [0, 0.1) is 0 Å². The third kappa shape index (κ3) is 10.9. The van der Waals surface area contributed by atoms with Gasteiger partial charge in [-0.25, -0.2) is 0 Å². The SMILES string of the molecule is O=C(CCCC(Cl)Cl)CCCC(Cl)Cl. The summed E-state index contributed by atoms with van der Waals surface area (Å²) in [5.41, 5.74) is 0. The zero-order chi connectivity index (χ0) is 11.0. The summed E-state index contributed by atoms with van der Waals surface area (Å²) in [5, 5.41) is 0. The zero-order valence-corrected chi connectivity index (χ0v) is 10.8. The van der Waals surface area contributed by atoms with Gasteiger partial charge in [0, 0.05) is 12.8 Å². The molecule has 14 heavy (non-hydrogen) atoms. The quantitative estimate of drug-likeness (QED) is 0.598. The van der Waals surface area contributed by atoms with Crippen LogP contribution < -0.4 is 0 Å². The zero-order valence-electron chi connectivity index (χ0n) is 7.82. The van der Waals surface area contributed by atoms with Gasteiger partial charge in [0.15, 0.2) is 0 Å². The number of rotatable bonds is 8. The smallest absolute Gasteiger partial charge is 0.132 e. The maximum absolute atomic E-state index is 11.2. The largest absolute Gasteiger partial charge is 0.300 e. The minimum atomic E-state index is -0.363. The molecule has 0 radical (unpaired) electrons. The van der Waals surface area contributed by atoms with E-state index in [1.54, 1.807) is 0 Å². The van der Waals surface area contributed by atoms with E-state index in [1.165, 1.54) is 0 Å². The van der Waals surface area contributed by atoms with Gasteiger partial charge in [0.2, 0.25) is 0 Å². The predicted molar refractivity (Wildman–Crippen MR) is 63.7 cm³/mol. The third-order valence-corrected chi connectivity index (χ3v) is 2.63. The highest BCUT2D eigenvalue weighted by Gasteiger charge is 2.05. The lowest BCUT2D eigenvalue weighted by Crippen LogP contribution is -2.00. The van der Waals surface area contributed by atoms with Gasteiger partial charge < -0.3 is 0 Å². The van der Waals surface area contributed by atoms with Crippen molar-refractivity contribution < 1.29 is 4.79 Å². The fourth-order valence-electron chi connectivity index (χ4n) is 1.03. The molecule has 84 valence electrons. The van der Waals surface area contributed by atoms with Crippen molar-refractivity contribution in [3.05, 3.63) is 0 Å². The number of carbonyl (C=O) groups excluding carboxylic acids is 1. The van der Waals surface area contributed by atoms with Gasteiger partial charge in [-0.15, -0.1) is 46.4 Å². The molecule has 0 saturated carbocycles. The summed E-state index contributed by atoms with van der Waals surface area (Å²) in [7, 11) is 0. The molecule has 0 spiro atoms. The van der Waals surface area contributed by atoms with E-state index in [9.17, 15) is 4.79 Å². The molecule has 1 nitrogen and oxygen atoms in total. The molecule has 0 aliphatic heterocycles. The van der Waals surface area contributed by atoms with Crippen LogP contribution in [0.1, 0.15) is 38.5 Å². The Morgan fingerprint density at radius 3 is 1.50 bits per heavy atom. The van der Waals surface area contributed by atoms with Gasteiger partial charge in [-0.1, -0.05) is 0 Å². The van der Waals surface area contributed by atoms with E-state index in [-0.39, 0.29) is 15.5 Å². The molecule has 0 aromatic carbocycles. The Labute approximate surface area is 105 Å². The topological polar surface area (TPSA) is 17.1 Å². The van der Waals surface area contributed by atoms with Crippen LogP contribution >= 0.6 is 46.4 Å². The number of ketones is 1. The van der Waals surface area contributed by atoms with Crippen molar-refractivity contribution in [2.24, 2.45) is 0 Å². The summed E-state index contributed by atoms with van der Waals surface area (Å²) in [4.78, 5) is 10.5. The summed E-state index contributed by atoms with van der Waals surface area (Å²) in [5.74, 6) is 0.230. The van der Waals surface area contributed by atoms with E-state index in [0.717, 1.165) is 12.8 Å². The van der Waals surface area contributed by atoms with Crippen molar-refractivity contribution in [2.75, 3.05) is 0 Å². The van der Waals surface area contributed by atoms with Gasteiger partial charge in [0.25, 0.3) is 0 Å². The first-order valence-electron chi connectivity index (χ1n) is 4.60. The molecule has 0 unspecified atom stereocenters. The van der Waals surface area contributed by atoms with Gasteiger partial charge >= 0.3 is 0 Å². The number of alkyl halides is 4. The molecule has 0 N–H and O–H groups in total. The summed E-state index contributed by atoms with van der Waals surface area (Å²) >= 11 is 22.1. The van der Waals surface area contributed by atoms with Crippen molar-refractivity contribution in [3.63, 3.8) is 0 Å². The molecule has 0 heterocycles. The number of hydrogen-bond acceptors (Lipinski definition) is 1. The van der Waals surface area contributed by atoms with Crippen LogP contribution in [0.4, 0.5) is 0 Å². The fraction of sp³-hybridized carbons (Fsp3) is 0.889. The molecule has 5 heteroatoms. The number of Topliss-reactive ketones (excluding diaryl/α,β-unsaturated/α-hetero) is 1. The lowest BCUT2D eigenvalue weighted by molar-refractivity contribution is -0.119. The van der Waals surface area contributed by atoms with E-state index in [0.29, 0.717) is 25.7 Å². The molecule has 0 aliphatic carbocycles. The number of hydrogen-bond donors (Lipinski definition) is 0. The lowest BCUT2D eigenvalue weighted by atomic mass is 10.1. The lowest BCUT2D eigenvalue weighted by Gasteiger charge is -2.02. The molecule has 0 aromatic rings. The van der Waals surface area contributed by atoms with Crippen LogP contribution in [0.15, 0.2) is 0 Å². The highest BCUT2D eigenvalue weighted by molar-refractivity contribution is 6.44. The minimum absolute atomic E-state index is 0.230. The van der Waals surface area contributed by atoms with Crippen LogP contribution in [0.25, 0.3) is 0 Å². The molecule has 0 aromatic heterocycles. The van der Waals surface area contributed by atoms with Crippen LogP contribution in [0.3, 0.4) is 0 Å². The van der Waals surface area contributed by atoms with Crippen molar-refractivity contribution in [1.29, 1.82) is 0 Å². The van der Waals surface area contributed by atoms with Gasteiger partial charge in [0.05, 0.1) is 0 Å². The average molecular weight is 280 g/mol. The van der Waals surface area contributed by atoms with E-state index in [1.807, 2.05) is 0 Å². The number of halogens is 4. The standard InChI is InChI=1S/C9H14Cl4O/c10-8(11)5-1-3-7(14)4-2-6-9(12)13/h8-9H,1-6H2. The van der Waals surface area contributed by atoms with E-state index in [2.05, 4.69) is 0 Å². The second-order valence-corrected chi connectivity index (χ2v) is 5.66. The Bertz CT molecular complexity index is 143. The van der Waals surface area contributed by atoms with Crippen molar-refractivity contribution in [2.45, 2.75) is 48.2 Å². The second kappa shape index (κ2) is 9.08. The Morgan fingerprint density at radius 1 is 0.857 bits per heavy atom. The highest BCUT2D eigenvalue weighted by atomic mass is 35.5. The molecule has 0 fully saturated rings. The maximum atomic E-state index is 11.2. The Kier molecular flexibility index (Phi) is 9.62. The molecule has 0 aliphatic rings. The van der Waals surface area contributed by atoms with Gasteiger partial charge in [-0.05, 0) is 25.7 Å². The van der Waals surface area contributed by atoms with Crippen molar-refractivity contribution in [1.82, 2.24) is 0 Å². The van der Waals surface area contributed by atoms with Crippen LogP contribution in [0.5, 0.6) is 0 Å². The minimum Gasteiger partial charge on any atom is -0.300 e. The molecular formula is C9H14Cl4O. The third-order valence-electron chi connectivity index (χ3n) is 1.76. The van der Waals surface area contributed by atoms with E-state index < -0.39 is 0 Å². The monoisotopic (exact) mass is 278 g/mol. The van der Waals surface area contributed by atoms with Crippen LogP contribution in [-0.4, -0.2) is 15.5 Å². The van der Waals surface area contributed by atoms with Crippen molar-refractivity contribution >= 4 is 52.2 Å². The average Bonchev–Trinajstić information content (AvgIpc) is 2.02. The first-order chi connectivity index (χ1) is 6.52. The van der Waals surface area contributed by atoms with E-state index >= 15 is 0 Å². The maximum Gasteiger partial charge on any atom is 0.132 e. The first-order valence-corrected chi connectivity index (χ1v) is 6.35. The molecule has 0 atom stereocenters. The molecule has 0 amide bonds. The summed E-state index contributed by atoms with van der Waals surface area (Å²) in [6.07, 6.45) is 3.94. The van der Waals surface area contributed by atoms with Gasteiger partial charge in [-0.2, -0.15) is 0 Å². The summed E-state index contributed by atoms with van der Waals surface area (Å²) in [6, 6.07) is 0. The predicted octanol–water partition coefficient (Wildman–Crippen LogP) is 4.50. The van der Waals surface area contributed by atoms with Crippen LogP contribution in [0.2, 0.25) is 0 Å². The Morgan fingerprint density at radius 2 is 1.21 bits per heavy atom. The summed E-state index contributed by atoms with van der Waals surface area (Å²) < 4.78 is 0. The van der Waals surface area contributed by atoms with Crippen LogP contribution in [-0.2, 0) is 4.79 Å². The molecule has 0 bridgehead atoms. The van der Waals surface area contributed by atoms with Gasteiger partial charge in [0.1, 0.15) is 15.5 Å². The normalized spacial score (nSPS) is 11.3. The molecule has 0 rings (SSSR count). The fourth-order valence-corrected chi connectivity index (χ4v) is 1.65. The van der Waals surface area contributed by atoms with Gasteiger partial charge in [-0.3, -0.25) is 4.79 Å². The highest BCUT2D eigenvalue weighted by Crippen LogP contribution is 2.14. The Balaban J connectivity index is 3.28. The molecular weight excluding hydrogens is 266 g/mol. The van der Waals surface area contributed by atoms with Crippen molar-refractivity contribution in [3.8, 4) is 0 Å². The van der Waals surface area contributed by atoms with E-state index in [4.69, 9.17) is 46.4 Å². The first kappa shape index (κ1) is 14.8. The second-order valence-electron chi connectivity index (χ2n) is 3.11.